The predicted octanol–water partition coefficient (Wildman–Crippen LogP) is 4.71. The summed E-state index contributed by atoms with van der Waals surface area (Å²) in [6.07, 6.45) is 1.93. The first-order valence-electron chi connectivity index (χ1n) is 10.1. The molecule has 0 unspecified atom stereocenters. The first-order chi connectivity index (χ1) is 13.9. The van der Waals surface area contributed by atoms with E-state index in [-0.39, 0.29) is 22.4 Å². The highest BCUT2D eigenvalue weighted by molar-refractivity contribution is 6.06. The summed E-state index contributed by atoms with van der Waals surface area (Å²) >= 11 is 0. The van der Waals surface area contributed by atoms with Crippen molar-refractivity contribution in [1.82, 2.24) is 5.32 Å². The predicted molar refractivity (Wildman–Crippen MR) is 109 cm³/mol. The maximum atomic E-state index is 14.0. The van der Waals surface area contributed by atoms with Gasteiger partial charge in [0.1, 0.15) is 0 Å². The molecule has 0 spiro atoms. The summed E-state index contributed by atoms with van der Waals surface area (Å²) < 4.78 is 14.0. The minimum absolute atomic E-state index is 0.0742. The highest BCUT2D eigenvalue weighted by Crippen LogP contribution is 2.51. The highest BCUT2D eigenvalue weighted by Gasteiger charge is 2.46. The molecule has 1 aromatic carbocycles. The molecule has 0 amide bonds. The van der Waals surface area contributed by atoms with E-state index in [9.17, 15) is 24.1 Å². The zero-order valence-electron chi connectivity index (χ0n) is 17.6. The molecule has 1 heterocycles. The minimum Gasteiger partial charge on any atom is -0.362 e. The largest absolute Gasteiger partial charge is 0.362 e. The molecule has 0 atom stereocenters. The molecule has 1 aliphatic heterocycles. The molecule has 7 heteroatoms. The van der Waals surface area contributed by atoms with E-state index >= 15 is 0 Å². The first-order valence-corrected chi connectivity index (χ1v) is 10.1. The van der Waals surface area contributed by atoms with E-state index in [2.05, 4.69) is 5.32 Å². The van der Waals surface area contributed by atoms with Crippen molar-refractivity contribution in [1.29, 1.82) is 0 Å². The van der Waals surface area contributed by atoms with Gasteiger partial charge in [0.15, 0.2) is 11.6 Å². The number of halogens is 1. The molecule has 3 aliphatic rings. The normalized spacial score (nSPS) is 23.1. The smallest absolute Gasteiger partial charge is 0.305 e. The van der Waals surface area contributed by atoms with Crippen molar-refractivity contribution >= 4 is 17.3 Å². The summed E-state index contributed by atoms with van der Waals surface area (Å²) in [7, 11) is 0. The van der Waals surface area contributed by atoms with Gasteiger partial charge >= 0.3 is 5.69 Å². The first kappa shape index (κ1) is 20.4. The minimum atomic E-state index is -0.937. The summed E-state index contributed by atoms with van der Waals surface area (Å²) in [6.45, 7) is 8.09. The highest BCUT2D eigenvalue weighted by atomic mass is 19.1. The Kier molecular flexibility index (Phi) is 4.49. The summed E-state index contributed by atoms with van der Waals surface area (Å²) in [5, 5.41) is 14.7. The molecule has 0 bridgehead atoms. The Hall–Kier alpha value is -2.83. The second-order valence-electron chi connectivity index (χ2n) is 10.2. The fourth-order valence-corrected chi connectivity index (χ4v) is 5.07. The van der Waals surface area contributed by atoms with Crippen molar-refractivity contribution in [3.8, 4) is 0 Å². The number of carbonyl (C=O) groups is 2. The van der Waals surface area contributed by atoms with Gasteiger partial charge in [-0.1, -0.05) is 33.8 Å². The third-order valence-corrected chi connectivity index (χ3v) is 6.22. The number of nitro benzene ring substituents is 1. The van der Waals surface area contributed by atoms with Gasteiger partial charge in [-0.3, -0.25) is 19.7 Å². The van der Waals surface area contributed by atoms with E-state index in [4.69, 9.17) is 0 Å². The van der Waals surface area contributed by atoms with Crippen LogP contribution in [0.1, 0.15) is 64.9 Å². The number of benzene rings is 1. The van der Waals surface area contributed by atoms with Crippen molar-refractivity contribution in [2.24, 2.45) is 10.8 Å². The molecule has 0 saturated heterocycles. The van der Waals surface area contributed by atoms with Crippen LogP contribution in [0.25, 0.3) is 0 Å². The third-order valence-electron chi connectivity index (χ3n) is 6.22. The SMILES string of the molecule is CC1(C)CC(=O)C2=C(C1)NC1=C(C(=O)CC(C)(C)C1)C2c1ccc(F)c([N+](=O)[O-])c1. The lowest BCUT2D eigenvalue weighted by molar-refractivity contribution is -0.387. The number of hydrogen-bond acceptors (Lipinski definition) is 5. The number of nitrogens with zero attached hydrogens (tertiary/aromatic N) is 1. The molecule has 30 heavy (non-hydrogen) atoms. The maximum absolute atomic E-state index is 14.0. The van der Waals surface area contributed by atoms with Crippen molar-refractivity contribution in [3.63, 3.8) is 0 Å². The summed E-state index contributed by atoms with van der Waals surface area (Å²) in [6, 6.07) is 3.67. The van der Waals surface area contributed by atoms with Crippen molar-refractivity contribution in [2.45, 2.75) is 59.3 Å². The number of Topliss-reactive ketones (excluding diaryl/α,β-unsaturated/α-hetero) is 2. The Bertz CT molecular complexity index is 1010. The van der Waals surface area contributed by atoms with Gasteiger partial charge in [-0.05, 0) is 35.3 Å². The van der Waals surface area contributed by atoms with E-state index in [1.165, 1.54) is 12.1 Å². The van der Waals surface area contributed by atoms with Crippen LogP contribution >= 0.6 is 0 Å². The molecular formula is C23H25FN2O4. The van der Waals surface area contributed by atoms with Crippen LogP contribution in [-0.2, 0) is 9.59 Å². The molecule has 2 aliphatic carbocycles. The topological polar surface area (TPSA) is 89.3 Å². The zero-order chi connectivity index (χ0) is 22.0. The van der Waals surface area contributed by atoms with Crippen molar-refractivity contribution in [2.75, 3.05) is 0 Å². The molecule has 0 aromatic heterocycles. The van der Waals surface area contributed by atoms with Gasteiger partial charge in [0.05, 0.1) is 4.92 Å². The van der Waals surface area contributed by atoms with Gasteiger partial charge in [0.2, 0.25) is 5.82 Å². The number of hydrogen-bond donors (Lipinski definition) is 1. The van der Waals surface area contributed by atoms with Crippen LogP contribution in [0, 0.1) is 26.8 Å². The van der Waals surface area contributed by atoms with Gasteiger partial charge in [0, 0.05) is 47.4 Å². The molecule has 1 N–H and O–H groups in total. The molecule has 0 fully saturated rings. The van der Waals surface area contributed by atoms with Crippen LogP contribution in [0.4, 0.5) is 10.1 Å². The van der Waals surface area contributed by atoms with Crippen LogP contribution in [0.2, 0.25) is 0 Å². The fraction of sp³-hybridized carbons (Fsp3) is 0.478. The van der Waals surface area contributed by atoms with E-state index < -0.39 is 22.3 Å². The number of nitrogens with one attached hydrogen (secondary N) is 1. The lowest BCUT2D eigenvalue weighted by atomic mass is 9.64. The Morgan fingerprint density at radius 3 is 1.93 bits per heavy atom. The zero-order valence-corrected chi connectivity index (χ0v) is 17.6. The van der Waals surface area contributed by atoms with Crippen LogP contribution in [0.3, 0.4) is 0 Å². The van der Waals surface area contributed by atoms with E-state index in [1.54, 1.807) is 0 Å². The third kappa shape index (κ3) is 3.36. The van der Waals surface area contributed by atoms with E-state index in [0.717, 1.165) is 17.5 Å². The van der Waals surface area contributed by atoms with Crippen LogP contribution in [-0.4, -0.2) is 16.5 Å². The van der Waals surface area contributed by atoms with Gasteiger partial charge in [-0.15, -0.1) is 0 Å². The Morgan fingerprint density at radius 2 is 1.47 bits per heavy atom. The van der Waals surface area contributed by atoms with Gasteiger partial charge < -0.3 is 5.32 Å². The Balaban J connectivity index is 1.94. The Morgan fingerprint density at radius 1 is 0.967 bits per heavy atom. The molecule has 0 saturated carbocycles. The van der Waals surface area contributed by atoms with Gasteiger partial charge in [-0.2, -0.15) is 4.39 Å². The molecule has 158 valence electrons. The van der Waals surface area contributed by atoms with E-state index in [1.807, 2.05) is 27.7 Å². The number of ketones is 2. The lowest BCUT2D eigenvalue weighted by Crippen LogP contribution is -2.42. The summed E-state index contributed by atoms with van der Waals surface area (Å²) in [4.78, 5) is 36.9. The van der Waals surface area contributed by atoms with Crippen LogP contribution in [0.5, 0.6) is 0 Å². The van der Waals surface area contributed by atoms with Crippen molar-refractivity contribution in [3.05, 3.63) is 62.2 Å². The average molecular weight is 412 g/mol. The quantitative estimate of drug-likeness (QED) is 0.561. The number of nitro groups is 1. The molecule has 0 radical (unpaired) electrons. The van der Waals surface area contributed by atoms with Crippen LogP contribution < -0.4 is 5.32 Å². The standard InChI is InChI=1S/C23H25FN2O4/c1-22(2)8-14-20(17(27)10-22)19(12-5-6-13(24)16(7-12)26(29)30)21-15(25-14)9-23(3,4)11-18(21)28/h5-7,19,25H,8-11H2,1-4H3. The molecule has 1 aromatic rings. The average Bonchev–Trinajstić information content (AvgIpc) is 2.57. The monoisotopic (exact) mass is 412 g/mol. The van der Waals surface area contributed by atoms with E-state index in [0.29, 0.717) is 42.4 Å². The number of dihydropyridines is 1. The van der Waals surface area contributed by atoms with Crippen molar-refractivity contribution < 1.29 is 18.9 Å². The summed E-state index contributed by atoms with van der Waals surface area (Å²) in [5.41, 5.74) is 1.83. The van der Waals surface area contributed by atoms with Gasteiger partial charge in [0.25, 0.3) is 0 Å². The molecular weight excluding hydrogens is 387 g/mol. The lowest BCUT2D eigenvalue weighted by Gasteiger charge is -2.43. The molecule has 6 nitrogen and oxygen atoms in total. The second kappa shape index (κ2) is 6.59. The number of rotatable bonds is 2. The number of carbonyl (C=O) groups excluding carboxylic acids is 2. The summed E-state index contributed by atoms with van der Waals surface area (Å²) in [5.74, 6) is -1.79. The second-order valence-corrected chi connectivity index (χ2v) is 10.2. The fourth-order valence-electron chi connectivity index (χ4n) is 5.07. The Labute approximate surface area is 174 Å². The van der Waals surface area contributed by atoms with Crippen LogP contribution in [0.15, 0.2) is 40.7 Å². The maximum Gasteiger partial charge on any atom is 0.305 e. The molecule has 4 rings (SSSR count). The number of allylic oxidation sites excluding steroid dienone is 4. The van der Waals surface area contributed by atoms with Gasteiger partial charge in [-0.25, -0.2) is 0 Å².